The van der Waals surface area contributed by atoms with Crippen molar-refractivity contribution in [2.24, 2.45) is 0 Å². The number of rotatable bonds is 7. The molecule has 168 valence electrons. The summed E-state index contributed by atoms with van der Waals surface area (Å²) in [6.45, 7) is 4.60. The normalized spacial score (nSPS) is 17.9. The molecule has 4 rings (SSSR count). The molecule has 2 aliphatic heterocycles. The lowest BCUT2D eigenvalue weighted by molar-refractivity contribution is -0.138. The number of benzene rings is 1. The van der Waals surface area contributed by atoms with Crippen LogP contribution in [0.4, 0.5) is 0 Å². The lowest BCUT2D eigenvalue weighted by Gasteiger charge is -2.36. The third kappa shape index (κ3) is 4.39. The van der Waals surface area contributed by atoms with E-state index in [2.05, 4.69) is 16.9 Å². The van der Waals surface area contributed by atoms with Gasteiger partial charge in [0.25, 0.3) is 11.8 Å². The molecule has 1 aromatic heterocycles. The number of piperidine rings is 1. The van der Waals surface area contributed by atoms with Crippen LogP contribution < -0.4 is 4.74 Å². The number of imide groups is 1. The van der Waals surface area contributed by atoms with Crippen LogP contribution in [0.2, 0.25) is 0 Å². The Bertz CT molecular complexity index is 996. The molecular weight excluding hydrogens is 404 g/mol. The van der Waals surface area contributed by atoms with Gasteiger partial charge in [0, 0.05) is 19.3 Å². The van der Waals surface area contributed by atoms with Crippen molar-refractivity contribution in [3.63, 3.8) is 0 Å². The van der Waals surface area contributed by atoms with Gasteiger partial charge in [0.15, 0.2) is 0 Å². The molecule has 0 spiro atoms. The second kappa shape index (κ2) is 9.53. The Hall–Kier alpha value is -3.19. The van der Waals surface area contributed by atoms with Crippen molar-refractivity contribution in [1.29, 1.82) is 0 Å². The number of amides is 2. The second-order valence-electron chi connectivity index (χ2n) is 8.34. The van der Waals surface area contributed by atoms with E-state index in [-0.39, 0.29) is 24.4 Å². The van der Waals surface area contributed by atoms with E-state index in [9.17, 15) is 9.59 Å². The van der Waals surface area contributed by atoms with E-state index in [1.807, 2.05) is 61.3 Å². The molecule has 1 saturated heterocycles. The zero-order chi connectivity index (χ0) is 22.7. The highest BCUT2D eigenvalue weighted by Gasteiger charge is 2.42. The number of hydrogen-bond donors (Lipinski definition) is 0. The topological polar surface area (TPSA) is 66.0 Å². The summed E-state index contributed by atoms with van der Waals surface area (Å²) in [6, 6.07) is 13.1. The Balaban J connectivity index is 1.70. The number of aromatic nitrogens is 1. The van der Waals surface area contributed by atoms with Crippen LogP contribution in [0.15, 0.2) is 54.4 Å². The molecule has 7 heteroatoms. The number of hydrogen-bond acceptors (Lipinski definition) is 6. The van der Waals surface area contributed by atoms with Gasteiger partial charge in [-0.25, -0.2) is 0 Å². The molecule has 7 nitrogen and oxygen atoms in total. The Morgan fingerprint density at radius 3 is 2.41 bits per heavy atom. The molecule has 0 N–H and O–H groups in total. The SMILES string of the molecule is CCOc1ccc(C2=C(N(C)C3CCN(C)CC3)C(=O)N(Cc3ccccn3)C2=O)cc1. The van der Waals surface area contributed by atoms with Crippen molar-refractivity contribution in [2.45, 2.75) is 32.4 Å². The summed E-state index contributed by atoms with van der Waals surface area (Å²) >= 11 is 0. The molecule has 2 amide bonds. The van der Waals surface area contributed by atoms with E-state index < -0.39 is 0 Å². The number of likely N-dealkylation sites (tertiary alicyclic amines) is 1. The third-order valence-electron chi connectivity index (χ3n) is 6.23. The third-order valence-corrected chi connectivity index (χ3v) is 6.23. The van der Waals surface area contributed by atoms with E-state index in [0.29, 0.717) is 23.6 Å². The summed E-state index contributed by atoms with van der Waals surface area (Å²) in [5.41, 5.74) is 2.34. The Morgan fingerprint density at radius 2 is 1.78 bits per heavy atom. The molecule has 32 heavy (non-hydrogen) atoms. The van der Waals surface area contributed by atoms with Gasteiger partial charge < -0.3 is 14.5 Å². The summed E-state index contributed by atoms with van der Waals surface area (Å²) in [6.07, 6.45) is 3.58. The van der Waals surface area contributed by atoms with Gasteiger partial charge in [-0.15, -0.1) is 0 Å². The summed E-state index contributed by atoms with van der Waals surface area (Å²) in [7, 11) is 4.05. The standard InChI is InChI=1S/C25H30N4O3/c1-4-32-21-10-8-18(9-11-21)22-23(28(3)20-12-15-27(2)16-13-20)25(31)29(24(22)30)17-19-7-5-6-14-26-19/h5-11,14,20H,4,12-13,15-17H2,1-3H3. The Labute approximate surface area is 189 Å². The van der Waals surface area contributed by atoms with Crippen molar-refractivity contribution < 1.29 is 14.3 Å². The number of pyridine rings is 1. The van der Waals surface area contributed by atoms with Crippen molar-refractivity contribution in [2.75, 3.05) is 33.8 Å². The predicted molar refractivity (Wildman–Crippen MR) is 123 cm³/mol. The van der Waals surface area contributed by atoms with Gasteiger partial charge in [-0.05, 0) is 69.7 Å². The van der Waals surface area contributed by atoms with Gasteiger partial charge in [0.05, 0.1) is 24.4 Å². The van der Waals surface area contributed by atoms with E-state index >= 15 is 0 Å². The van der Waals surface area contributed by atoms with Crippen molar-refractivity contribution >= 4 is 17.4 Å². The first-order chi connectivity index (χ1) is 15.5. The van der Waals surface area contributed by atoms with Gasteiger partial charge in [0.1, 0.15) is 11.4 Å². The molecule has 0 radical (unpaired) electrons. The quantitative estimate of drug-likeness (QED) is 0.625. The highest BCUT2D eigenvalue weighted by molar-refractivity contribution is 6.35. The first kappa shape index (κ1) is 22.0. The van der Waals surface area contributed by atoms with Crippen LogP contribution in [0.3, 0.4) is 0 Å². The highest BCUT2D eigenvalue weighted by atomic mass is 16.5. The average molecular weight is 435 g/mol. The fraction of sp³-hybridized carbons (Fsp3) is 0.400. The number of ether oxygens (including phenoxy) is 1. The molecule has 0 aliphatic carbocycles. The van der Waals surface area contributed by atoms with Gasteiger partial charge in [-0.3, -0.25) is 19.5 Å². The van der Waals surface area contributed by atoms with Crippen molar-refractivity contribution in [3.8, 4) is 5.75 Å². The monoisotopic (exact) mass is 434 g/mol. The zero-order valence-corrected chi connectivity index (χ0v) is 19.0. The van der Waals surface area contributed by atoms with Gasteiger partial charge in [-0.2, -0.15) is 0 Å². The number of nitrogens with zero attached hydrogens (tertiary/aromatic N) is 4. The van der Waals surface area contributed by atoms with E-state index in [4.69, 9.17) is 4.74 Å². The Kier molecular flexibility index (Phi) is 6.55. The van der Waals surface area contributed by atoms with E-state index in [1.54, 1.807) is 6.20 Å². The molecule has 3 heterocycles. The molecule has 0 atom stereocenters. The number of likely N-dealkylation sites (N-methyl/N-ethyl adjacent to an activating group) is 1. The van der Waals surface area contributed by atoms with Crippen LogP contribution in [-0.4, -0.2) is 71.3 Å². The molecule has 2 aliphatic rings. The summed E-state index contributed by atoms with van der Waals surface area (Å²) in [4.78, 5) is 37.0. The molecule has 1 aromatic carbocycles. The maximum absolute atomic E-state index is 13.6. The van der Waals surface area contributed by atoms with E-state index in [1.165, 1.54) is 4.90 Å². The van der Waals surface area contributed by atoms with Crippen LogP contribution >= 0.6 is 0 Å². The average Bonchev–Trinajstić information content (AvgIpc) is 3.05. The van der Waals surface area contributed by atoms with Gasteiger partial charge in [0.2, 0.25) is 0 Å². The first-order valence-corrected chi connectivity index (χ1v) is 11.1. The molecule has 1 fully saturated rings. The predicted octanol–water partition coefficient (Wildman–Crippen LogP) is 2.79. The minimum atomic E-state index is -0.278. The van der Waals surface area contributed by atoms with Crippen LogP contribution in [0.5, 0.6) is 5.75 Å². The fourth-order valence-corrected chi connectivity index (χ4v) is 4.40. The smallest absolute Gasteiger partial charge is 0.278 e. The van der Waals surface area contributed by atoms with Crippen LogP contribution in [0, 0.1) is 0 Å². The highest BCUT2D eigenvalue weighted by Crippen LogP contribution is 2.34. The summed E-state index contributed by atoms with van der Waals surface area (Å²) in [5.74, 6) is 0.203. The van der Waals surface area contributed by atoms with Crippen LogP contribution in [-0.2, 0) is 16.1 Å². The summed E-state index contributed by atoms with van der Waals surface area (Å²) in [5, 5.41) is 0. The number of carbonyl (C=O) groups is 2. The van der Waals surface area contributed by atoms with Crippen LogP contribution in [0.25, 0.3) is 5.57 Å². The lowest BCUT2D eigenvalue weighted by Crippen LogP contribution is -2.43. The van der Waals surface area contributed by atoms with Gasteiger partial charge >= 0.3 is 0 Å². The zero-order valence-electron chi connectivity index (χ0n) is 19.0. The first-order valence-electron chi connectivity index (χ1n) is 11.1. The summed E-state index contributed by atoms with van der Waals surface area (Å²) < 4.78 is 5.55. The molecule has 2 aromatic rings. The maximum atomic E-state index is 13.6. The second-order valence-corrected chi connectivity index (χ2v) is 8.34. The molecule has 0 saturated carbocycles. The molecule has 0 unspecified atom stereocenters. The minimum Gasteiger partial charge on any atom is -0.494 e. The molecular formula is C25H30N4O3. The lowest BCUT2D eigenvalue weighted by atomic mass is 10.00. The van der Waals surface area contributed by atoms with Crippen molar-refractivity contribution in [1.82, 2.24) is 19.7 Å². The minimum absolute atomic E-state index is 0.157. The fourth-order valence-electron chi connectivity index (χ4n) is 4.40. The number of carbonyl (C=O) groups excluding carboxylic acids is 2. The van der Waals surface area contributed by atoms with Gasteiger partial charge in [-0.1, -0.05) is 18.2 Å². The maximum Gasteiger partial charge on any atom is 0.278 e. The largest absolute Gasteiger partial charge is 0.494 e. The molecule has 0 bridgehead atoms. The van der Waals surface area contributed by atoms with Crippen molar-refractivity contribution in [3.05, 3.63) is 65.6 Å². The van der Waals surface area contributed by atoms with E-state index in [0.717, 1.165) is 37.2 Å². The Morgan fingerprint density at radius 1 is 1.06 bits per heavy atom. The van der Waals surface area contributed by atoms with Crippen LogP contribution in [0.1, 0.15) is 31.0 Å².